The number of nitrogens with zero attached hydrogens (tertiary/aromatic N) is 5. The van der Waals surface area contributed by atoms with Crippen LogP contribution < -0.4 is 0 Å². The first-order valence-electron chi connectivity index (χ1n) is 11.6. The monoisotopic (exact) mass is 489 g/mol. The van der Waals surface area contributed by atoms with Gasteiger partial charge in [0.25, 0.3) is 0 Å². The maximum atomic E-state index is 13.2. The van der Waals surface area contributed by atoms with Gasteiger partial charge in [0.2, 0.25) is 5.91 Å². The molecule has 8 heteroatoms. The van der Waals surface area contributed by atoms with E-state index in [0.29, 0.717) is 43.3 Å². The predicted octanol–water partition coefficient (Wildman–Crippen LogP) is 4.67. The van der Waals surface area contributed by atoms with E-state index in [0.717, 1.165) is 16.7 Å². The number of hydrogen-bond donors (Lipinski definition) is 0. The zero-order chi connectivity index (χ0) is 24.3. The van der Waals surface area contributed by atoms with E-state index in [4.69, 9.17) is 16.7 Å². The third kappa shape index (κ3) is 5.10. The van der Waals surface area contributed by atoms with Gasteiger partial charge in [-0.05, 0) is 59.0 Å². The number of carbonyl (C=O) groups is 1. The fourth-order valence-electron chi connectivity index (χ4n) is 4.68. The van der Waals surface area contributed by atoms with Crippen LogP contribution in [0.2, 0.25) is 5.02 Å². The average molecular weight is 490 g/mol. The Hall–Kier alpha value is -3.58. The van der Waals surface area contributed by atoms with Crippen LogP contribution in [0.4, 0.5) is 4.39 Å². The van der Waals surface area contributed by atoms with E-state index < -0.39 is 5.41 Å². The maximum Gasteiger partial charge on any atom is 0.226 e. The molecule has 0 N–H and O–H groups in total. The van der Waals surface area contributed by atoms with Crippen LogP contribution in [-0.4, -0.2) is 44.1 Å². The minimum absolute atomic E-state index is 0.0395. The quantitative estimate of drug-likeness (QED) is 0.395. The second-order valence-corrected chi connectivity index (χ2v) is 9.34. The largest absolute Gasteiger partial charge is 0.342 e. The summed E-state index contributed by atoms with van der Waals surface area (Å²) in [5.74, 6) is 0.407. The van der Waals surface area contributed by atoms with Gasteiger partial charge in [-0.2, -0.15) is 4.80 Å². The van der Waals surface area contributed by atoms with E-state index >= 15 is 0 Å². The molecule has 0 radical (unpaired) electrons. The molecule has 3 aromatic carbocycles. The summed E-state index contributed by atoms with van der Waals surface area (Å²) in [7, 11) is 0. The first-order valence-corrected chi connectivity index (χ1v) is 12.0. The minimum Gasteiger partial charge on any atom is -0.342 e. The lowest BCUT2D eigenvalue weighted by molar-refractivity contribution is -0.131. The number of aromatic nitrogens is 4. The fraction of sp³-hybridized carbons (Fsp3) is 0.259. The summed E-state index contributed by atoms with van der Waals surface area (Å²) < 4.78 is 13.2. The molecule has 178 valence electrons. The highest BCUT2D eigenvalue weighted by molar-refractivity contribution is 6.30. The molecule has 1 amide bonds. The number of benzene rings is 3. The van der Waals surface area contributed by atoms with Crippen LogP contribution in [0.25, 0.3) is 0 Å². The van der Waals surface area contributed by atoms with Crippen LogP contribution in [0.15, 0.2) is 78.9 Å². The summed E-state index contributed by atoms with van der Waals surface area (Å²) in [5.41, 5.74) is 2.54. The first-order chi connectivity index (χ1) is 17.0. The topological polar surface area (TPSA) is 63.9 Å². The molecule has 1 aliphatic heterocycles. The summed E-state index contributed by atoms with van der Waals surface area (Å²) in [4.78, 5) is 16.4. The fourth-order valence-corrected chi connectivity index (χ4v) is 4.81. The Kier molecular flexibility index (Phi) is 6.59. The average Bonchev–Trinajstić information content (AvgIpc) is 3.36. The van der Waals surface area contributed by atoms with Crippen molar-refractivity contribution in [3.63, 3.8) is 0 Å². The van der Waals surface area contributed by atoms with E-state index in [2.05, 4.69) is 22.4 Å². The van der Waals surface area contributed by atoms with Gasteiger partial charge >= 0.3 is 0 Å². The Morgan fingerprint density at radius 2 is 1.57 bits per heavy atom. The molecular formula is C27H25ClFN5O. The van der Waals surface area contributed by atoms with E-state index in [-0.39, 0.29) is 18.1 Å². The molecule has 0 spiro atoms. The highest BCUT2D eigenvalue weighted by Crippen LogP contribution is 2.40. The highest BCUT2D eigenvalue weighted by Gasteiger charge is 2.42. The third-order valence-electron chi connectivity index (χ3n) is 6.68. The van der Waals surface area contributed by atoms with Crippen molar-refractivity contribution in [2.45, 2.75) is 31.2 Å². The Morgan fingerprint density at radius 3 is 2.26 bits per heavy atom. The van der Waals surface area contributed by atoms with Crippen LogP contribution in [0, 0.1) is 5.82 Å². The van der Waals surface area contributed by atoms with Crippen molar-refractivity contribution in [1.82, 2.24) is 25.1 Å². The van der Waals surface area contributed by atoms with Gasteiger partial charge in [0.05, 0.1) is 18.4 Å². The van der Waals surface area contributed by atoms with Gasteiger partial charge in [0.1, 0.15) is 5.82 Å². The number of piperidine rings is 1. The van der Waals surface area contributed by atoms with Gasteiger partial charge in [-0.15, -0.1) is 10.2 Å². The zero-order valence-electron chi connectivity index (χ0n) is 19.1. The SMILES string of the molecule is O=C(Cc1ccc(F)cc1)N1CCC(c2ccccc2)(c2nnn(Cc3ccc(Cl)cc3)n2)CC1. The normalized spacial score (nSPS) is 15.2. The van der Waals surface area contributed by atoms with Crippen molar-refractivity contribution >= 4 is 17.5 Å². The van der Waals surface area contributed by atoms with Crippen molar-refractivity contribution in [3.8, 4) is 0 Å². The van der Waals surface area contributed by atoms with Crippen LogP contribution in [0.1, 0.15) is 35.4 Å². The molecule has 35 heavy (non-hydrogen) atoms. The molecule has 0 unspecified atom stereocenters. The number of rotatable bonds is 6. The lowest BCUT2D eigenvalue weighted by atomic mass is 9.72. The van der Waals surface area contributed by atoms with E-state index in [1.807, 2.05) is 47.4 Å². The summed E-state index contributed by atoms with van der Waals surface area (Å²) in [5, 5.41) is 14.2. The molecule has 0 saturated carbocycles. The molecule has 0 bridgehead atoms. The highest BCUT2D eigenvalue weighted by atomic mass is 35.5. The van der Waals surface area contributed by atoms with Gasteiger partial charge in [-0.3, -0.25) is 4.79 Å². The molecule has 1 aliphatic rings. The van der Waals surface area contributed by atoms with Gasteiger partial charge in [-0.1, -0.05) is 66.2 Å². The number of hydrogen-bond acceptors (Lipinski definition) is 4. The van der Waals surface area contributed by atoms with E-state index in [1.54, 1.807) is 16.9 Å². The number of halogens is 2. The lowest BCUT2D eigenvalue weighted by Gasteiger charge is -2.40. The van der Waals surface area contributed by atoms with Crippen LogP contribution in [0.5, 0.6) is 0 Å². The second-order valence-electron chi connectivity index (χ2n) is 8.90. The number of tetrazole rings is 1. The minimum atomic E-state index is -0.424. The Bertz CT molecular complexity index is 1280. The molecule has 5 rings (SSSR count). The van der Waals surface area contributed by atoms with Crippen molar-refractivity contribution < 1.29 is 9.18 Å². The van der Waals surface area contributed by atoms with E-state index in [9.17, 15) is 9.18 Å². The standard InChI is InChI=1S/C27H25ClFN5O/c28-23-10-6-21(7-11-23)19-34-31-26(30-32-34)27(22-4-2-1-3-5-22)14-16-33(17-15-27)25(35)18-20-8-12-24(29)13-9-20/h1-13H,14-19H2. The zero-order valence-corrected chi connectivity index (χ0v) is 19.9. The Labute approximate surface area is 208 Å². The van der Waals surface area contributed by atoms with Crippen LogP contribution in [0.3, 0.4) is 0 Å². The number of likely N-dealkylation sites (tertiary alicyclic amines) is 1. The Morgan fingerprint density at radius 1 is 0.914 bits per heavy atom. The van der Waals surface area contributed by atoms with Crippen LogP contribution in [-0.2, 0) is 23.2 Å². The smallest absolute Gasteiger partial charge is 0.226 e. The molecule has 0 atom stereocenters. The molecule has 6 nitrogen and oxygen atoms in total. The first kappa shape index (κ1) is 23.2. The van der Waals surface area contributed by atoms with E-state index in [1.165, 1.54) is 12.1 Å². The van der Waals surface area contributed by atoms with Gasteiger partial charge < -0.3 is 4.90 Å². The molecule has 1 saturated heterocycles. The second kappa shape index (κ2) is 9.96. The summed E-state index contributed by atoms with van der Waals surface area (Å²) in [6.07, 6.45) is 1.64. The predicted molar refractivity (Wildman–Crippen MR) is 132 cm³/mol. The number of carbonyl (C=O) groups excluding carboxylic acids is 1. The molecular weight excluding hydrogens is 465 g/mol. The van der Waals surface area contributed by atoms with Gasteiger partial charge in [-0.25, -0.2) is 4.39 Å². The molecule has 2 heterocycles. The van der Waals surface area contributed by atoms with Crippen molar-refractivity contribution in [3.05, 3.63) is 112 Å². The summed E-state index contributed by atoms with van der Waals surface area (Å²) in [6.45, 7) is 1.67. The molecule has 1 aromatic heterocycles. The molecule has 0 aliphatic carbocycles. The summed E-state index contributed by atoms with van der Waals surface area (Å²) >= 11 is 6.00. The van der Waals surface area contributed by atoms with Crippen molar-refractivity contribution in [2.75, 3.05) is 13.1 Å². The number of amides is 1. The molecule has 1 fully saturated rings. The third-order valence-corrected chi connectivity index (χ3v) is 6.93. The molecule has 4 aromatic rings. The van der Waals surface area contributed by atoms with Crippen molar-refractivity contribution in [2.24, 2.45) is 0 Å². The van der Waals surface area contributed by atoms with Crippen molar-refractivity contribution in [1.29, 1.82) is 0 Å². The maximum absolute atomic E-state index is 13.2. The van der Waals surface area contributed by atoms with Gasteiger partial charge in [0, 0.05) is 18.1 Å². The van der Waals surface area contributed by atoms with Gasteiger partial charge in [0.15, 0.2) is 5.82 Å². The van der Waals surface area contributed by atoms with Crippen LogP contribution >= 0.6 is 11.6 Å². The summed E-state index contributed by atoms with van der Waals surface area (Å²) in [6, 6.07) is 23.9. The lowest BCUT2D eigenvalue weighted by Crippen LogP contribution is -2.46. The Balaban J connectivity index is 1.34.